The lowest BCUT2D eigenvalue weighted by molar-refractivity contribution is 1.18. The van der Waals surface area contributed by atoms with Gasteiger partial charge in [0.1, 0.15) is 5.01 Å². The van der Waals surface area contributed by atoms with Crippen LogP contribution in [-0.2, 0) is 6.54 Å². The fraction of sp³-hybridized carbons (Fsp3) is 0.0714. The Morgan fingerprint density at radius 3 is 2.84 bits per heavy atom. The smallest absolute Gasteiger partial charge is 0.123 e. The molecule has 0 radical (unpaired) electrons. The summed E-state index contributed by atoms with van der Waals surface area (Å²) in [4.78, 5) is 5.64. The summed E-state index contributed by atoms with van der Waals surface area (Å²) in [5, 5.41) is 8.59. The zero-order chi connectivity index (χ0) is 13.1. The maximum absolute atomic E-state index is 4.34. The topological polar surface area (TPSA) is 24.9 Å². The summed E-state index contributed by atoms with van der Waals surface area (Å²) in [6.45, 7) is 0.833. The molecule has 0 amide bonds. The minimum absolute atomic E-state index is 0.833. The maximum atomic E-state index is 4.34. The number of halogens is 1. The summed E-state index contributed by atoms with van der Waals surface area (Å²) >= 11 is 6.96. The lowest BCUT2D eigenvalue weighted by Crippen LogP contribution is -1.97. The zero-order valence-corrected chi connectivity index (χ0v) is 13.2. The molecule has 2 aromatic heterocycles. The van der Waals surface area contributed by atoms with Gasteiger partial charge in [0.05, 0.1) is 6.54 Å². The van der Waals surface area contributed by atoms with Gasteiger partial charge in [0.2, 0.25) is 0 Å². The van der Waals surface area contributed by atoms with Gasteiger partial charge < -0.3 is 5.32 Å². The number of thiazole rings is 1. The van der Waals surface area contributed by atoms with E-state index >= 15 is 0 Å². The van der Waals surface area contributed by atoms with Gasteiger partial charge in [-0.05, 0) is 39.5 Å². The second-order valence-corrected chi connectivity index (χ2v) is 6.71. The quantitative estimate of drug-likeness (QED) is 0.695. The van der Waals surface area contributed by atoms with Gasteiger partial charge >= 0.3 is 0 Å². The highest BCUT2D eigenvalue weighted by Gasteiger charge is 2.03. The van der Waals surface area contributed by atoms with E-state index in [0.717, 1.165) is 22.8 Å². The van der Waals surface area contributed by atoms with Crippen molar-refractivity contribution in [2.45, 2.75) is 6.54 Å². The fourth-order valence-corrected chi connectivity index (χ4v) is 3.83. The van der Waals surface area contributed by atoms with E-state index in [-0.39, 0.29) is 0 Å². The number of nitrogens with zero attached hydrogens (tertiary/aromatic N) is 1. The van der Waals surface area contributed by atoms with E-state index in [2.05, 4.69) is 61.9 Å². The molecule has 1 aromatic carbocycles. The molecule has 19 heavy (non-hydrogen) atoms. The molecule has 96 valence electrons. The van der Waals surface area contributed by atoms with Gasteiger partial charge in [-0.15, -0.1) is 22.7 Å². The standard InChI is InChI=1S/C14H11BrN2S2/c15-12-4-6-18-13(12)9-17-11-3-1-2-10(8-11)14-16-5-7-19-14/h1-8,17H,9H2. The normalized spacial score (nSPS) is 10.6. The SMILES string of the molecule is Brc1ccsc1CNc1cccc(-c2nccs2)c1. The molecule has 0 unspecified atom stereocenters. The molecular weight excluding hydrogens is 340 g/mol. The van der Waals surface area contributed by atoms with Crippen LogP contribution in [0.25, 0.3) is 10.6 Å². The summed E-state index contributed by atoms with van der Waals surface area (Å²) < 4.78 is 1.17. The van der Waals surface area contributed by atoms with Crippen LogP contribution in [0.3, 0.4) is 0 Å². The van der Waals surface area contributed by atoms with E-state index in [1.165, 1.54) is 9.35 Å². The molecule has 1 N–H and O–H groups in total. The van der Waals surface area contributed by atoms with Crippen LogP contribution in [-0.4, -0.2) is 4.98 Å². The highest BCUT2D eigenvalue weighted by molar-refractivity contribution is 9.10. The first-order valence-electron chi connectivity index (χ1n) is 5.78. The van der Waals surface area contributed by atoms with Crippen molar-refractivity contribution in [2.75, 3.05) is 5.32 Å². The summed E-state index contributed by atoms with van der Waals surface area (Å²) in [6, 6.07) is 10.4. The Hall–Kier alpha value is -1.17. The minimum Gasteiger partial charge on any atom is -0.380 e. The van der Waals surface area contributed by atoms with Crippen molar-refractivity contribution in [3.63, 3.8) is 0 Å². The van der Waals surface area contributed by atoms with E-state index in [1.807, 2.05) is 11.6 Å². The van der Waals surface area contributed by atoms with Gasteiger partial charge in [-0.2, -0.15) is 0 Å². The van der Waals surface area contributed by atoms with Crippen LogP contribution in [0.1, 0.15) is 4.88 Å². The number of anilines is 1. The zero-order valence-electron chi connectivity index (χ0n) is 9.97. The van der Waals surface area contributed by atoms with Crippen molar-refractivity contribution in [3.8, 4) is 10.6 Å². The number of thiophene rings is 1. The van der Waals surface area contributed by atoms with Crippen molar-refractivity contribution in [2.24, 2.45) is 0 Å². The molecule has 3 aromatic rings. The van der Waals surface area contributed by atoms with Crippen LogP contribution in [0.15, 0.2) is 51.8 Å². The number of nitrogens with one attached hydrogen (secondary N) is 1. The highest BCUT2D eigenvalue weighted by Crippen LogP contribution is 2.26. The Kier molecular flexibility index (Phi) is 3.96. The summed E-state index contributed by atoms with van der Waals surface area (Å²) in [5.41, 5.74) is 2.28. The maximum Gasteiger partial charge on any atom is 0.123 e. The Bertz CT molecular complexity index is 662. The second kappa shape index (κ2) is 5.86. The van der Waals surface area contributed by atoms with Crippen LogP contribution in [0.4, 0.5) is 5.69 Å². The van der Waals surface area contributed by atoms with Gasteiger partial charge in [-0.1, -0.05) is 12.1 Å². The Morgan fingerprint density at radius 1 is 1.16 bits per heavy atom. The minimum atomic E-state index is 0.833. The van der Waals surface area contributed by atoms with Crippen LogP contribution < -0.4 is 5.32 Å². The van der Waals surface area contributed by atoms with Crippen molar-refractivity contribution in [1.82, 2.24) is 4.98 Å². The number of hydrogen-bond donors (Lipinski definition) is 1. The molecule has 0 saturated carbocycles. The van der Waals surface area contributed by atoms with E-state index in [0.29, 0.717) is 0 Å². The lowest BCUT2D eigenvalue weighted by Gasteiger charge is -2.06. The molecule has 0 bridgehead atoms. The molecule has 0 aliphatic heterocycles. The van der Waals surface area contributed by atoms with Crippen LogP contribution in [0.2, 0.25) is 0 Å². The van der Waals surface area contributed by atoms with Crippen molar-refractivity contribution in [3.05, 3.63) is 56.6 Å². The van der Waals surface area contributed by atoms with E-state index in [9.17, 15) is 0 Å². The fourth-order valence-electron chi connectivity index (χ4n) is 1.76. The molecule has 2 nitrogen and oxygen atoms in total. The number of hydrogen-bond acceptors (Lipinski definition) is 4. The monoisotopic (exact) mass is 350 g/mol. The molecule has 0 fully saturated rings. The molecule has 5 heteroatoms. The van der Waals surface area contributed by atoms with Crippen molar-refractivity contribution >= 4 is 44.3 Å². The third-order valence-corrected chi connectivity index (χ3v) is 5.43. The van der Waals surface area contributed by atoms with Crippen molar-refractivity contribution < 1.29 is 0 Å². The Balaban J connectivity index is 1.75. The highest BCUT2D eigenvalue weighted by atomic mass is 79.9. The van der Waals surface area contributed by atoms with Crippen LogP contribution >= 0.6 is 38.6 Å². The number of benzene rings is 1. The first kappa shape index (κ1) is 12.8. The van der Waals surface area contributed by atoms with Gasteiger partial charge in [0.15, 0.2) is 0 Å². The van der Waals surface area contributed by atoms with Gasteiger partial charge in [0.25, 0.3) is 0 Å². The first-order valence-corrected chi connectivity index (χ1v) is 8.34. The summed E-state index contributed by atoms with van der Waals surface area (Å²) in [7, 11) is 0. The number of rotatable bonds is 4. The lowest BCUT2D eigenvalue weighted by atomic mass is 10.2. The molecule has 3 rings (SSSR count). The molecular formula is C14H11BrN2S2. The predicted molar refractivity (Wildman–Crippen MR) is 86.9 cm³/mol. The van der Waals surface area contributed by atoms with Gasteiger partial charge in [0, 0.05) is 32.2 Å². The predicted octanol–water partition coefficient (Wildman–Crippen LogP) is 5.25. The van der Waals surface area contributed by atoms with Crippen molar-refractivity contribution in [1.29, 1.82) is 0 Å². The third-order valence-electron chi connectivity index (χ3n) is 2.69. The average molecular weight is 351 g/mol. The van der Waals surface area contributed by atoms with Gasteiger partial charge in [-0.3, -0.25) is 0 Å². The summed E-state index contributed by atoms with van der Waals surface area (Å²) in [5.74, 6) is 0. The molecule has 0 spiro atoms. The molecule has 0 saturated heterocycles. The molecule has 2 heterocycles. The van der Waals surface area contributed by atoms with Gasteiger partial charge in [-0.25, -0.2) is 4.98 Å². The molecule has 0 aliphatic rings. The van der Waals surface area contributed by atoms with Crippen LogP contribution in [0.5, 0.6) is 0 Å². The second-order valence-electron chi connectivity index (χ2n) is 3.96. The Labute approximate surface area is 128 Å². The average Bonchev–Trinajstić information content (AvgIpc) is 3.08. The third kappa shape index (κ3) is 3.05. The Morgan fingerprint density at radius 2 is 2.11 bits per heavy atom. The van der Waals surface area contributed by atoms with Crippen LogP contribution in [0, 0.1) is 0 Å². The van der Waals surface area contributed by atoms with E-state index in [4.69, 9.17) is 0 Å². The summed E-state index contributed by atoms with van der Waals surface area (Å²) in [6.07, 6.45) is 1.84. The van der Waals surface area contributed by atoms with E-state index in [1.54, 1.807) is 22.7 Å². The largest absolute Gasteiger partial charge is 0.380 e. The van der Waals surface area contributed by atoms with E-state index < -0.39 is 0 Å². The molecule has 0 aliphatic carbocycles. The first-order chi connectivity index (χ1) is 9.33. The number of aromatic nitrogens is 1. The molecule has 0 atom stereocenters.